The van der Waals surface area contributed by atoms with E-state index in [4.69, 9.17) is 9.47 Å². The SMILES string of the molecule is CCOc1ccc(NC(=O)c2ccc(-n3nccc3C)cc2)cc1OC. The number of nitrogens with zero attached hydrogens (tertiary/aromatic N) is 2. The standard InChI is InChI=1S/C20H21N3O3/c1-4-26-18-10-7-16(13-19(18)25-3)22-20(24)15-5-8-17(9-6-15)23-14(2)11-12-21-23/h5-13H,4H2,1-3H3,(H,22,24). The quantitative estimate of drug-likeness (QED) is 0.733. The zero-order valence-corrected chi connectivity index (χ0v) is 15.0. The average molecular weight is 351 g/mol. The summed E-state index contributed by atoms with van der Waals surface area (Å²) in [6, 6.07) is 14.5. The maximum absolute atomic E-state index is 12.5. The van der Waals surface area contributed by atoms with Gasteiger partial charge in [-0.2, -0.15) is 5.10 Å². The number of aryl methyl sites for hydroxylation is 1. The van der Waals surface area contributed by atoms with Crippen LogP contribution in [-0.4, -0.2) is 29.4 Å². The molecule has 134 valence electrons. The molecule has 0 aliphatic carbocycles. The van der Waals surface area contributed by atoms with Crippen LogP contribution in [-0.2, 0) is 0 Å². The lowest BCUT2D eigenvalue weighted by Crippen LogP contribution is -2.12. The second kappa shape index (κ2) is 7.74. The molecule has 3 rings (SSSR count). The van der Waals surface area contributed by atoms with Crippen molar-refractivity contribution in [1.29, 1.82) is 0 Å². The van der Waals surface area contributed by atoms with E-state index in [0.717, 1.165) is 11.4 Å². The number of ether oxygens (including phenoxy) is 2. The lowest BCUT2D eigenvalue weighted by atomic mass is 10.2. The van der Waals surface area contributed by atoms with E-state index in [9.17, 15) is 4.79 Å². The van der Waals surface area contributed by atoms with Gasteiger partial charge in [-0.25, -0.2) is 4.68 Å². The van der Waals surface area contributed by atoms with E-state index in [1.165, 1.54) is 0 Å². The minimum atomic E-state index is -0.194. The first-order valence-corrected chi connectivity index (χ1v) is 8.35. The van der Waals surface area contributed by atoms with Crippen molar-refractivity contribution in [2.75, 3.05) is 19.0 Å². The van der Waals surface area contributed by atoms with Gasteiger partial charge in [0, 0.05) is 29.2 Å². The molecule has 0 fully saturated rings. The van der Waals surface area contributed by atoms with Gasteiger partial charge in [-0.3, -0.25) is 4.79 Å². The van der Waals surface area contributed by atoms with Crippen LogP contribution in [0.5, 0.6) is 11.5 Å². The third kappa shape index (κ3) is 3.69. The molecule has 2 aromatic carbocycles. The van der Waals surface area contributed by atoms with Crippen molar-refractivity contribution < 1.29 is 14.3 Å². The highest BCUT2D eigenvalue weighted by Gasteiger charge is 2.10. The van der Waals surface area contributed by atoms with Gasteiger partial charge in [0.25, 0.3) is 5.91 Å². The Morgan fingerprint density at radius 2 is 1.88 bits per heavy atom. The summed E-state index contributed by atoms with van der Waals surface area (Å²) in [5, 5.41) is 7.13. The summed E-state index contributed by atoms with van der Waals surface area (Å²) in [5.41, 5.74) is 3.14. The molecule has 0 bridgehead atoms. The Kier molecular flexibility index (Phi) is 5.22. The van der Waals surface area contributed by atoms with Crippen molar-refractivity contribution in [3.63, 3.8) is 0 Å². The normalized spacial score (nSPS) is 10.4. The van der Waals surface area contributed by atoms with E-state index in [0.29, 0.717) is 29.4 Å². The van der Waals surface area contributed by atoms with Crippen molar-refractivity contribution in [2.45, 2.75) is 13.8 Å². The van der Waals surface area contributed by atoms with Crippen molar-refractivity contribution in [3.05, 3.63) is 66.0 Å². The summed E-state index contributed by atoms with van der Waals surface area (Å²) in [5.74, 6) is 1.03. The van der Waals surface area contributed by atoms with Gasteiger partial charge in [0.15, 0.2) is 11.5 Å². The number of methoxy groups -OCH3 is 1. The number of rotatable bonds is 6. The number of carbonyl (C=O) groups excluding carboxylic acids is 1. The van der Waals surface area contributed by atoms with Crippen LogP contribution in [0.15, 0.2) is 54.7 Å². The Morgan fingerprint density at radius 1 is 1.12 bits per heavy atom. The lowest BCUT2D eigenvalue weighted by Gasteiger charge is -2.12. The molecule has 0 unspecified atom stereocenters. The number of benzene rings is 2. The Bertz CT molecular complexity index is 901. The molecule has 26 heavy (non-hydrogen) atoms. The van der Waals surface area contributed by atoms with Crippen LogP contribution in [0.2, 0.25) is 0 Å². The third-order valence-electron chi connectivity index (χ3n) is 3.93. The fourth-order valence-corrected chi connectivity index (χ4v) is 2.62. The fraction of sp³-hybridized carbons (Fsp3) is 0.200. The predicted octanol–water partition coefficient (Wildman–Crippen LogP) is 3.84. The minimum absolute atomic E-state index is 0.194. The van der Waals surface area contributed by atoms with Crippen LogP contribution >= 0.6 is 0 Å². The Morgan fingerprint density at radius 3 is 2.50 bits per heavy atom. The largest absolute Gasteiger partial charge is 0.493 e. The van der Waals surface area contributed by atoms with Crippen molar-refractivity contribution >= 4 is 11.6 Å². The first-order valence-electron chi connectivity index (χ1n) is 8.35. The summed E-state index contributed by atoms with van der Waals surface area (Å²) in [6.45, 7) is 4.43. The zero-order valence-electron chi connectivity index (χ0n) is 15.0. The van der Waals surface area contributed by atoms with E-state index in [1.807, 2.05) is 36.7 Å². The molecule has 0 saturated heterocycles. The highest BCUT2D eigenvalue weighted by atomic mass is 16.5. The molecule has 0 saturated carbocycles. The van der Waals surface area contributed by atoms with E-state index in [1.54, 1.807) is 43.6 Å². The molecule has 1 amide bonds. The zero-order chi connectivity index (χ0) is 18.5. The molecular weight excluding hydrogens is 330 g/mol. The summed E-state index contributed by atoms with van der Waals surface area (Å²) in [6.07, 6.45) is 1.75. The molecule has 0 radical (unpaired) electrons. The smallest absolute Gasteiger partial charge is 0.255 e. The monoisotopic (exact) mass is 351 g/mol. The molecule has 6 heteroatoms. The lowest BCUT2D eigenvalue weighted by molar-refractivity contribution is 0.102. The second-order valence-corrected chi connectivity index (χ2v) is 5.68. The van der Waals surface area contributed by atoms with Crippen LogP contribution < -0.4 is 14.8 Å². The van der Waals surface area contributed by atoms with Crippen LogP contribution in [0.25, 0.3) is 5.69 Å². The maximum atomic E-state index is 12.5. The topological polar surface area (TPSA) is 65.4 Å². The van der Waals surface area contributed by atoms with Crippen LogP contribution in [0.1, 0.15) is 23.0 Å². The first-order chi connectivity index (χ1) is 12.6. The van der Waals surface area contributed by atoms with Gasteiger partial charge in [-0.05, 0) is 56.3 Å². The summed E-state index contributed by atoms with van der Waals surface area (Å²) >= 11 is 0. The number of aromatic nitrogens is 2. The minimum Gasteiger partial charge on any atom is -0.493 e. The fourth-order valence-electron chi connectivity index (χ4n) is 2.62. The van der Waals surface area contributed by atoms with E-state index >= 15 is 0 Å². The van der Waals surface area contributed by atoms with Crippen molar-refractivity contribution in [1.82, 2.24) is 9.78 Å². The number of anilines is 1. The molecule has 3 aromatic rings. The molecule has 0 atom stereocenters. The first kappa shape index (κ1) is 17.5. The molecule has 1 aromatic heterocycles. The van der Waals surface area contributed by atoms with E-state index < -0.39 is 0 Å². The molecule has 0 aliphatic heterocycles. The van der Waals surface area contributed by atoms with Gasteiger partial charge in [0.2, 0.25) is 0 Å². The van der Waals surface area contributed by atoms with Gasteiger partial charge in [0.05, 0.1) is 19.4 Å². The van der Waals surface area contributed by atoms with Crippen LogP contribution in [0.3, 0.4) is 0 Å². The van der Waals surface area contributed by atoms with Crippen LogP contribution in [0, 0.1) is 6.92 Å². The third-order valence-corrected chi connectivity index (χ3v) is 3.93. The Labute approximate surface area is 152 Å². The summed E-state index contributed by atoms with van der Waals surface area (Å²) < 4.78 is 12.6. The summed E-state index contributed by atoms with van der Waals surface area (Å²) in [4.78, 5) is 12.5. The molecule has 0 aliphatic rings. The van der Waals surface area contributed by atoms with Crippen molar-refractivity contribution in [2.24, 2.45) is 0 Å². The molecule has 1 N–H and O–H groups in total. The second-order valence-electron chi connectivity index (χ2n) is 5.68. The van der Waals surface area contributed by atoms with E-state index in [2.05, 4.69) is 10.4 Å². The molecular formula is C20H21N3O3. The number of nitrogens with one attached hydrogen (secondary N) is 1. The maximum Gasteiger partial charge on any atom is 0.255 e. The predicted molar refractivity (Wildman–Crippen MR) is 100 cm³/mol. The van der Waals surface area contributed by atoms with Gasteiger partial charge < -0.3 is 14.8 Å². The van der Waals surface area contributed by atoms with Gasteiger partial charge in [0.1, 0.15) is 0 Å². The van der Waals surface area contributed by atoms with Crippen molar-refractivity contribution in [3.8, 4) is 17.2 Å². The molecule has 0 spiro atoms. The summed E-state index contributed by atoms with van der Waals surface area (Å²) in [7, 11) is 1.57. The van der Waals surface area contributed by atoms with E-state index in [-0.39, 0.29) is 5.91 Å². The van der Waals surface area contributed by atoms with Crippen LogP contribution in [0.4, 0.5) is 5.69 Å². The molecule has 6 nitrogen and oxygen atoms in total. The highest BCUT2D eigenvalue weighted by Crippen LogP contribution is 2.30. The Hall–Kier alpha value is -3.28. The number of amides is 1. The average Bonchev–Trinajstić information content (AvgIpc) is 3.09. The number of carbonyl (C=O) groups is 1. The highest BCUT2D eigenvalue weighted by molar-refractivity contribution is 6.04. The molecule has 1 heterocycles. The number of hydrogen-bond donors (Lipinski definition) is 1. The Balaban J connectivity index is 1.75. The number of hydrogen-bond acceptors (Lipinski definition) is 4. The van der Waals surface area contributed by atoms with Gasteiger partial charge >= 0.3 is 0 Å². The van der Waals surface area contributed by atoms with Gasteiger partial charge in [-0.1, -0.05) is 0 Å². The van der Waals surface area contributed by atoms with Gasteiger partial charge in [-0.15, -0.1) is 0 Å².